The zero-order chi connectivity index (χ0) is 25.9. The van der Waals surface area contributed by atoms with Gasteiger partial charge in [-0.25, -0.2) is 4.79 Å². The van der Waals surface area contributed by atoms with Gasteiger partial charge in [-0.2, -0.15) is 0 Å². The molecule has 0 amide bonds. The number of ether oxygens (including phenoxy) is 5. The van der Waals surface area contributed by atoms with E-state index in [1.54, 1.807) is 19.2 Å². The normalized spacial score (nSPS) is 23.6. The number of aromatic nitrogens is 1. The number of aromatic amines is 1. The third-order valence-electron chi connectivity index (χ3n) is 7.97. The van der Waals surface area contributed by atoms with Crippen LogP contribution < -0.4 is 14.2 Å². The van der Waals surface area contributed by atoms with Gasteiger partial charge >= 0.3 is 5.97 Å². The lowest BCUT2D eigenvalue weighted by atomic mass is 9.78. The van der Waals surface area contributed by atoms with Gasteiger partial charge in [0.05, 0.1) is 33.0 Å². The highest BCUT2D eigenvalue weighted by Gasteiger charge is 2.44. The minimum Gasteiger partial charge on any atom is -0.493 e. The predicted octanol–water partition coefficient (Wildman–Crippen LogP) is 4.32. The first-order valence-electron chi connectivity index (χ1n) is 12.9. The molecule has 4 atom stereocenters. The van der Waals surface area contributed by atoms with E-state index in [2.05, 4.69) is 40.3 Å². The van der Waals surface area contributed by atoms with Gasteiger partial charge in [0, 0.05) is 43.8 Å². The van der Waals surface area contributed by atoms with E-state index in [0.29, 0.717) is 34.6 Å². The van der Waals surface area contributed by atoms with Crippen molar-refractivity contribution in [1.82, 2.24) is 9.88 Å². The molecule has 2 aromatic carbocycles. The number of H-pyrrole nitrogens is 1. The first kappa shape index (κ1) is 25.4. The second-order valence-electron chi connectivity index (χ2n) is 9.99. The zero-order valence-corrected chi connectivity index (χ0v) is 22.0. The van der Waals surface area contributed by atoms with Crippen molar-refractivity contribution in [1.29, 1.82) is 0 Å². The first-order chi connectivity index (χ1) is 18.0. The standard InChI is InChI=1S/C29H36N2O6/c1-33-24-13-20-16-31(10-9-18-15-30-23-8-6-5-7-22(18)23)17-21(20)14-25(24)37-29(32)19-11-26(34-2)28(36-4)27(12-19)35-3/h5-8,11-12,15,20-21,24-25,30H,9-10,13-14,16-17H2,1-4H3/t20-,21-,24-,25+/m0/s1. The number of nitrogens with one attached hydrogen (secondary N) is 1. The average molecular weight is 509 g/mol. The lowest BCUT2D eigenvalue weighted by Crippen LogP contribution is -2.42. The molecule has 0 unspecified atom stereocenters. The molecule has 1 aliphatic carbocycles. The molecule has 8 nitrogen and oxygen atoms in total. The highest BCUT2D eigenvalue weighted by molar-refractivity contribution is 5.91. The van der Waals surface area contributed by atoms with Crippen molar-refractivity contribution in [3.63, 3.8) is 0 Å². The Balaban J connectivity index is 1.23. The maximum atomic E-state index is 13.2. The van der Waals surface area contributed by atoms with E-state index in [1.807, 2.05) is 0 Å². The van der Waals surface area contributed by atoms with E-state index < -0.39 is 5.97 Å². The third kappa shape index (κ3) is 5.13. The number of fused-ring (bicyclic) bond motifs is 2. The van der Waals surface area contributed by atoms with E-state index in [9.17, 15) is 4.79 Å². The molecule has 1 aliphatic heterocycles. The number of carbonyl (C=O) groups excluding carboxylic acids is 1. The monoisotopic (exact) mass is 508 g/mol. The van der Waals surface area contributed by atoms with Crippen LogP contribution in [0.15, 0.2) is 42.6 Å². The summed E-state index contributed by atoms with van der Waals surface area (Å²) in [6.45, 7) is 3.09. The number of hydrogen-bond acceptors (Lipinski definition) is 7. The summed E-state index contributed by atoms with van der Waals surface area (Å²) in [6.07, 6.45) is 4.40. The molecular formula is C29H36N2O6. The summed E-state index contributed by atoms with van der Waals surface area (Å²) in [5.41, 5.74) is 2.91. The molecule has 8 heteroatoms. The van der Waals surface area contributed by atoms with E-state index in [4.69, 9.17) is 23.7 Å². The fourth-order valence-electron chi connectivity index (χ4n) is 6.05. The number of esters is 1. The molecule has 37 heavy (non-hydrogen) atoms. The Bertz CT molecular complexity index is 1220. The predicted molar refractivity (Wildman–Crippen MR) is 141 cm³/mol. The van der Waals surface area contributed by atoms with Crippen molar-refractivity contribution in [3.05, 3.63) is 53.7 Å². The summed E-state index contributed by atoms with van der Waals surface area (Å²) in [4.78, 5) is 19.1. The van der Waals surface area contributed by atoms with Crippen molar-refractivity contribution in [2.75, 3.05) is 48.1 Å². The number of rotatable bonds is 9. The molecule has 1 aromatic heterocycles. The van der Waals surface area contributed by atoms with Gasteiger partial charge < -0.3 is 33.6 Å². The molecule has 1 N–H and O–H groups in total. The summed E-state index contributed by atoms with van der Waals surface area (Å²) < 4.78 is 28.0. The van der Waals surface area contributed by atoms with E-state index >= 15 is 0 Å². The quantitative estimate of drug-likeness (QED) is 0.431. The summed E-state index contributed by atoms with van der Waals surface area (Å²) in [5.74, 6) is 1.88. The molecule has 0 spiro atoms. The van der Waals surface area contributed by atoms with Crippen molar-refractivity contribution in [3.8, 4) is 17.2 Å². The maximum absolute atomic E-state index is 13.2. The number of nitrogens with zero attached hydrogens (tertiary/aromatic N) is 1. The van der Waals surface area contributed by atoms with Gasteiger partial charge in [0.25, 0.3) is 0 Å². The number of benzene rings is 2. The molecule has 2 heterocycles. The van der Waals surface area contributed by atoms with Crippen LogP contribution in [0.1, 0.15) is 28.8 Å². The van der Waals surface area contributed by atoms with Crippen molar-refractivity contribution in [2.45, 2.75) is 31.5 Å². The van der Waals surface area contributed by atoms with Crippen LogP contribution in [0.25, 0.3) is 10.9 Å². The van der Waals surface area contributed by atoms with Crippen molar-refractivity contribution in [2.24, 2.45) is 11.8 Å². The van der Waals surface area contributed by atoms with Crippen LogP contribution in [0.4, 0.5) is 0 Å². The Morgan fingerprint density at radius 3 is 2.27 bits per heavy atom. The number of hydrogen-bond donors (Lipinski definition) is 1. The molecule has 2 aliphatic rings. The van der Waals surface area contributed by atoms with Gasteiger partial charge in [-0.15, -0.1) is 0 Å². The van der Waals surface area contributed by atoms with Gasteiger partial charge in [-0.3, -0.25) is 0 Å². The van der Waals surface area contributed by atoms with E-state index in [-0.39, 0.29) is 12.2 Å². The fourth-order valence-corrected chi connectivity index (χ4v) is 6.05. The summed E-state index contributed by atoms with van der Waals surface area (Å²) in [7, 11) is 6.29. The first-order valence-corrected chi connectivity index (χ1v) is 12.9. The molecule has 2 fully saturated rings. The van der Waals surface area contributed by atoms with Crippen LogP contribution in [0.5, 0.6) is 17.2 Å². The molecule has 1 saturated heterocycles. The lowest BCUT2D eigenvalue weighted by Gasteiger charge is -2.36. The Labute approximate surface area is 217 Å². The maximum Gasteiger partial charge on any atom is 0.338 e. The molecule has 3 aromatic rings. The van der Waals surface area contributed by atoms with Gasteiger partial charge in [0.1, 0.15) is 6.10 Å². The summed E-state index contributed by atoms with van der Waals surface area (Å²) in [6, 6.07) is 11.7. The number of para-hydroxylation sites is 1. The Kier molecular flexibility index (Phi) is 7.58. The van der Waals surface area contributed by atoms with Gasteiger partial charge in [0.2, 0.25) is 5.75 Å². The van der Waals surface area contributed by atoms with Crippen LogP contribution >= 0.6 is 0 Å². The van der Waals surface area contributed by atoms with Crippen LogP contribution in [0.2, 0.25) is 0 Å². The topological polar surface area (TPSA) is 82.3 Å². The van der Waals surface area contributed by atoms with Crippen LogP contribution in [0, 0.1) is 11.8 Å². The summed E-state index contributed by atoms with van der Waals surface area (Å²) in [5, 5.41) is 1.30. The largest absolute Gasteiger partial charge is 0.493 e. The lowest BCUT2D eigenvalue weighted by molar-refractivity contribution is -0.0732. The van der Waals surface area contributed by atoms with Crippen LogP contribution in [-0.4, -0.2) is 76.1 Å². The van der Waals surface area contributed by atoms with Crippen LogP contribution in [-0.2, 0) is 15.9 Å². The van der Waals surface area contributed by atoms with Gasteiger partial charge in [-0.05, 0) is 54.9 Å². The molecular weight excluding hydrogens is 472 g/mol. The van der Waals surface area contributed by atoms with Crippen molar-refractivity contribution >= 4 is 16.9 Å². The molecule has 0 bridgehead atoms. The zero-order valence-electron chi connectivity index (χ0n) is 22.0. The average Bonchev–Trinajstić information content (AvgIpc) is 3.53. The molecule has 0 radical (unpaired) electrons. The second kappa shape index (κ2) is 11.0. The van der Waals surface area contributed by atoms with Gasteiger partial charge in [-0.1, -0.05) is 18.2 Å². The molecule has 198 valence electrons. The second-order valence-corrected chi connectivity index (χ2v) is 9.99. The Hall–Kier alpha value is -3.23. The molecule has 5 rings (SSSR count). The highest BCUT2D eigenvalue weighted by Crippen LogP contribution is 2.41. The number of methoxy groups -OCH3 is 4. The smallest absolute Gasteiger partial charge is 0.338 e. The van der Waals surface area contributed by atoms with E-state index in [0.717, 1.165) is 38.9 Å². The minimum absolute atomic E-state index is 0.124. The number of carbonyl (C=O) groups is 1. The third-order valence-corrected chi connectivity index (χ3v) is 7.97. The number of likely N-dealkylation sites (tertiary alicyclic amines) is 1. The van der Waals surface area contributed by atoms with Gasteiger partial charge in [0.15, 0.2) is 11.5 Å². The SMILES string of the molecule is COc1cc(C(=O)O[C@@H]2C[C@H]3CN(CCc4c[nH]c5ccccc45)C[C@@H]3C[C@@H]2OC)cc(OC)c1OC. The van der Waals surface area contributed by atoms with E-state index in [1.165, 1.54) is 37.8 Å². The molecule has 1 saturated carbocycles. The Morgan fingerprint density at radius 2 is 1.62 bits per heavy atom. The summed E-state index contributed by atoms with van der Waals surface area (Å²) >= 11 is 0. The fraction of sp³-hybridized carbons (Fsp3) is 0.483. The van der Waals surface area contributed by atoms with Crippen molar-refractivity contribution < 1.29 is 28.5 Å². The Morgan fingerprint density at radius 1 is 0.946 bits per heavy atom. The minimum atomic E-state index is -0.418. The van der Waals surface area contributed by atoms with Crippen LogP contribution in [0.3, 0.4) is 0 Å². The highest BCUT2D eigenvalue weighted by atomic mass is 16.6.